The van der Waals surface area contributed by atoms with Crippen molar-refractivity contribution in [2.75, 3.05) is 0 Å². The number of ether oxygens (including phenoxy) is 1. The maximum atomic E-state index is 12.3. The number of rotatable bonds is 4. The monoisotopic (exact) mass is 381 g/mol. The molecule has 2 aromatic heterocycles. The second-order valence-corrected chi connectivity index (χ2v) is 6.78. The lowest BCUT2D eigenvalue weighted by molar-refractivity contribution is 0.0468. The molecule has 0 N–H and O–H groups in total. The highest BCUT2D eigenvalue weighted by atomic mass is 35.5. The van der Waals surface area contributed by atoms with Crippen molar-refractivity contribution >= 4 is 39.9 Å². The van der Waals surface area contributed by atoms with E-state index >= 15 is 0 Å². The lowest BCUT2D eigenvalue weighted by Crippen LogP contribution is -2.05. The molecule has 7 heteroatoms. The van der Waals surface area contributed by atoms with Gasteiger partial charge in [0, 0.05) is 28.4 Å². The van der Waals surface area contributed by atoms with Crippen molar-refractivity contribution in [3.8, 4) is 10.6 Å². The second kappa shape index (κ2) is 7.19. The molecule has 0 unspecified atom stereocenters. The van der Waals surface area contributed by atoms with Crippen LogP contribution in [0.2, 0.25) is 5.02 Å². The van der Waals surface area contributed by atoms with E-state index in [4.69, 9.17) is 16.3 Å². The molecule has 26 heavy (non-hydrogen) atoms. The van der Waals surface area contributed by atoms with Crippen molar-refractivity contribution in [1.29, 1.82) is 0 Å². The number of esters is 1. The molecule has 0 amide bonds. The number of hydrogen-bond donors (Lipinski definition) is 0. The van der Waals surface area contributed by atoms with Crippen molar-refractivity contribution < 1.29 is 9.53 Å². The minimum Gasteiger partial charge on any atom is -0.456 e. The predicted molar refractivity (Wildman–Crippen MR) is 101 cm³/mol. The van der Waals surface area contributed by atoms with Gasteiger partial charge in [0.05, 0.1) is 22.3 Å². The van der Waals surface area contributed by atoms with Gasteiger partial charge in [0.2, 0.25) is 0 Å². The lowest BCUT2D eigenvalue weighted by atomic mass is 10.2. The molecule has 2 aromatic carbocycles. The molecule has 0 bridgehead atoms. The van der Waals surface area contributed by atoms with E-state index in [-0.39, 0.29) is 6.61 Å². The average molecular weight is 382 g/mol. The van der Waals surface area contributed by atoms with Crippen molar-refractivity contribution in [2.45, 2.75) is 6.61 Å². The third-order valence-electron chi connectivity index (χ3n) is 3.70. The van der Waals surface area contributed by atoms with Crippen molar-refractivity contribution in [2.24, 2.45) is 0 Å². The van der Waals surface area contributed by atoms with E-state index in [1.807, 2.05) is 29.6 Å². The summed E-state index contributed by atoms with van der Waals surface area (Å²) in [7, 11) is 0. The number of carbonyl (C=O) groups is 1. The summed E-state index contributed by atoms with van der Waals surface area (Å²) in [5, 5.41) is 3.41. The average Bonchev–Trinajstić information content (AvgIpc) is 3.15. The van der Waals surface area contributed by atoms with Crippen LogP contribution in [0.4, 0.5) is 0 Å². The third-order valence-corrected chi connectivity index (χ3v) is 4.89. The number of thiazole rings is 1. The van der Waals surface area contributed by atoms with Gasteiger partial charge < -0.3 is 4.74 Å². The summed E-state index contributed by atoms with van der Waals surface area (Å²) in [4.78, 5) is 25.1. The molecule has 0 radical (unpaired) electrons. The van der Waals surface area contributed by atoms with Gasteiger partial charge in [-0.15, -0.1) is 11.3 Å². The van der Waals surface area contributed by atoms with Gasteiger partial charge in [-0.2, -0.15) is 0 Å². The summed E-state index contributed by atoms with van der Waals surface area (Å²) in [6.07, 6.45) is 3.20. The molecule has 0 saturated heterocycles. The van der Waals surface area contributed by atoms with Crippen molar-refractivity contribution in [3.63, 3.8) is 0 Å². The summed E-state index contributed by atoms with van der Waals surface area (Å²) in [6, 6.07) is 12.6. The summed E-state index contributed by atoms with van der Waals surface area (Å²) in [5.41, 5.74) is 3.50. The van der Waals surface area contributed by atoms with Crippen LogP contribution >= 0.6 is 22.9 Å². The smallest absolute Gasteiger partial charge is 0.338 e. The Morgan fingerprint density at radius 3 is 2.62 bits per heavy atom. The van der Waals surface area contributed by atoms with Gasteiger partial charge >= 0.3 is 5.97 Å². The van der Waals surface area contributed by atoms with Crippen LogP contribution in [0.1, 0.15) is 16.1 Å². The van der Waals surface area contributed by atoms with Gasteiger partial charge in [0.25, 0.3) is 0 Å². The number of nitrogens with zero attached hydrogens (tertiary/aromatic N) is 3. The first-order chi connectivity index (χ1) is 12.7. The van der Waals surface area contributed by atoms with E-state index in [1.54, 1.807) is 30.6 Å². The van der Waals surface area contributed by atoms with Crippen molar-refractivity contribution in [1.82, 2.24) is 15.0 Å². The van der Waals surface area contributed by atoms with Gasteiger partial charge in [0.1, 0.15) is 11.6 Å². The fraction of sp³-hybridized carbons (Fsp3) is 0.0526. The number of carbonyl (C=O) groups excluding carboxylic acids is 1. The molecule has 0 aliphatic heterocycles. The highest BCUT2D eigenvalue weighted by Gasteiger charge is 2.11. The van der Waals surface area contributed by atoms with Crippen molar-refractivity contribution in [3.05, 3.63) is 76.5 Å². The quantitative estimate of drug-likeness (QED) is 0.477. The second-order valence-electron chi connectivity index (χ2n) is 5.49. The Morgan fingerprint density at radius 2 is 1.81 bits per heavy atom. The Morgan fingerprint density at radius 1 is 1.04 bits per heavy atom. The molecule has 128 valence electrons. The Kier molecular flexibility index (Phi) is 4.60. The third kappa shape index (κ3) is 3.56. The molecule has 2 heterocycles. The van der Waals surface area contributed by atoms with Gasteiger partial charge in [-0.05, 0) is 30.3 Å². The van der Waals surface area contributed by atoms with Crippen LogP contribution in [0.3, 0.4) is 0 Å². The highest BCUT2D eigenvalue weighted by Crippen LogP contribution is 2.25. The topological polar surface area (TPSA) is 65.0 Å². The van der Waals surface area contributed by atoms with Gasteiger partial charge in [-0.1, -0.05) is 23.7 Å². The number of halogens is 1. The zero-order valence-electron chi connectivity index (χ0n) is 13.4. The van der Waals surface area contributed by atoms with Crippen LogP contribution in [-0.2, 0) is 11.3 Å². The molecule has 0 fully saturated rings. The zero-order chi connectivity index (χ0) is 17.9. The molecule has 0 atom stereocenters. The highest BCUT2D eigenvalue weighted by molar-refractivity contribution is 7.13. The maximum absolute atomic E-state index is 12.3. The van der Waals surface area contributed by atoms with Crippen LogP contribution in [0, 0.1) is 0 Å². The fourth-order valence-electron chi connectivity index (χ4n) is 2.41. The normalized spacial score (nSPS) is 10.8. The predicted octanol–water partition coefficient (Wildman–Crippen LogP) is 4.76. The minimum absolute atomic E-state index is 0.113. The standard InChI is InChI=1S/C19H12ClN3O2S/c20-14-4-1-12(2-5-14)18-23-15(11-26-18)10-25-19(24)13-3-6-16-17(9-13)22-8-7-21-16/h1-9,11H,10H2. The molecule has 0 aliphatic rings. The minimum atomic E-state index is -0.418. The maximum Gasteiger partial charge on any atom is 0.338 e. The SMILES string of the molecule is O=C(OCc1csc(-c2ccc(Cl)cc2)n1)c1ccc2nccnc2c1. The van der Waals surface area contributed by atoms with E-state index in [9.17, 15) is 4.79 Å². The summed E-state index contributed by atoms with van der Waals surface area (Å²) < 4.78 is 5.37. The van der Waals surface area contributed by atoms with Gasteiger partial charge in [-0.3, -0.25) is 9.97 Å². The molecular formula is C19H12ClN3O2S. The van der Waals surface area contributed by atoms with Crippen LogP contribution in [0.15, 0.2) is 60.2 Å². The van der Waals surface area contributed by atoms with E-state index in [1.165, 1.54) is 11.3 Å². The summed E-state index contributed by atoms with van der Waals surface area (Å²) in [5.74, 6) is -0.418. The lowest BCUT2D eigenvalue weighted by Gasteiger charge is -2.04. The first kappa shape index (κ1) is 16.6. The number of benzene rings is 2. The van der Waals surface area contributed by atoms with E-state index < -0.39 is 5.97 Å². The van der Waals surface area contributed by atoms with Crippen LogP contribution in [0.5, 0.6) is 0 Å². The van der Waals surface area contributed by atoms with Gasteiger partial charge in [0.15, 0.2) is 0 Å². The molecule has 4 rings (SSSR count). The van der Waals surface area contributed by atoms with E-state index in [0.717, 1.165) is 16.1 Å². The number of fused-ring (bicyclic) bond motifs is 1. The molecule has 0 aliphatic carbocycles. The Balaban J connectivity index is 1.45. The van der Waals surface area contributed by atoms with Crippen LogP contribution in [-0.4, -0.2) is 20.9 Å². The first-order valence-corrected chi connectivity index (χ1v) is 9.03. The van der Waals surface area contributed by atoms with Gasteiger partial charge in [-0.25, -0.2) is 9.78 Å². The fourth-order valence-corrected chi connectivity index (χ4v) is 3.35. The van der Waals surface area contributed by atoms with Crippen LogP contribution in [0.25, 0.3) is 21.6 Å². The van der Waals surface area contributed by atoms with E-state index in [2.05, 4.69) is 15.0 Å². The molecular weight excluding hydrogens is 370 g/mol. The number of aromatic nitrogens is 3. The van der Waals surface area contributed by atoms with Crippen LogP contribution < -0.4 is 0 Å². The Bertz CT molecular complexity index is 1080. The summed E-state index contributed by atoms with van der Waals surface area (Å²) >= 11 is 7.39. The first-order valence-electron chi connectivity index (χ1n) is 7.77. The largest absolute Gasteiger partial charge is 0.456 e. The van der Waals surface area contributed by atoms with E-state index in [0.29, 0.717) is 21.8 Å². The Labute approximate surface area is 158 Å². The molecule has 4 aromatic rings. The molecule has 5 nitrogen and oxygen atoms in total. The molecule has 0 saturated carbocycles. The Hall–Kier alpha value is -2.83. The summed E-state index contributed by atoms with van der Waals surface area (Å²) in [6.45, 7) is 0.113. The number of hydrogen-bond acceptors (Lipinski definition) is 6. The molecule has 0 spiro atoms. The zero-order valence-corrected chi connectivity index (χ0v) is 15.0.